The van der Waals surface area contributed by atoms with Crippen LogP contribution in [0.4, 0.5) is 16.2 Å². The highest BCUT2D eigenvalue weighted by Crippen LogP contribution is 2.34. The highest BCUT2D eigenvalue weighted by Gasteiger charge is 2.37. The molecule has 0 saturated carbocycles. The zero-order valence-electron chi connectivity index (χ0n) is 11.1. The van der Waals surface area contributed by atoms with Gasteiger partial charge in [-0.05, 0) is 36.6 Å². The number of hydrogen-bond acceptors (Lipinski definition) is 4. The monoisotopic (exact) mass is 320 g/mol. The Morgan fingerprint density at radius 1 is 1.10 bits per heavy atom. The molecule has 108 valence electrons. The van der Waals surface area contributed by atoms with Gasteiger partial charge in [-0.1, -0.05) is 18.2 Å². The fourth-order valence-corrected chi connectivity index (χ4v) is 4.11. The summed E-state index contributed by atoms with van der Waals surface area (Å²) in [5.41, 5.74) is 0.633. The van der Waals surface area contributed by atoms with E-state index in [1.165, 1.54) is 17.8 Å². The Bertz CT molecular complexity index is 818. The Balaban J connectivity index is 2.17. The van der Waals surface area contributed by atoms with Crippen LogP contribution in [0.15, 0.2) is 58.3 Å². The Kier molecular flexibility index (Phi) is 3.38. The van der Waals surface area contributed by atoms with Crippen molar-refractivity contribution in [2.75, 3.05) is 15.9 Å². The topological polar surface area (TPSA) is 66.5 Å². The van der Waals surface area contributed by atoms with Crippen LogP contribution < -0.4 is 9.62 Å². The van der Waals surface area contributed by atoms with Gasteiger partial charge in [-0.15, -0.1) is 11.8 Å². The molecule has 0 spiro atoms. The molecule has 1 N–H and O–H groups in total. The minimum absolute atomic E-state index is 0.0964. The lowest BCUT2D eigenvalue weighted by molar-refractivity contribution is 0.259. The van der Waals surface area contributed by atoms with Crippen molar-refractivity contribution in [2.24, 2.45) is 0 Å². The third kappa shape index (κ3) is 2.28. The SMILES string of the molecule is CSc1cccc(N2C(=O)Nc3ccccc3S2(=O)=O)c1. The fourth-order valence-electron chi connectivity index (χ4n) is 2.16. The van der Waals surface area contributed by atoms with Crippen LogP contribution >= 0.6 is 11.8 Å². The van der Waals surface area contributed by atoms with Gasteiger partial charge in [0.05, 0.1) is 11.4 Å². The molecule has 0 atom stereocenters. The molecular formula is C14H12N2O3S2. The van der Waals surface area contributed by atoms with Crippen molar-refractivity contribution in [1.82, 2.24) is 0 Å². The quantitative estimate of drug-likeness (QED) is 0.863. The number of nitrogens with zero attached hydrogens (tertiary/aromatic N) is 1. The average Bonchev–Trinajstić information content (AvgIpc) is 2.47. The lowest BCUT2D eigenvalue weighted by atomic mass is 10.3. The highest BCUT2D eigenvalue weighted by atomic mass is 32.2. The van der Waals surface area contributed by atoms with Crippen molar-refractivity contribution >= 4 is 39.2 Å². The largest absolute Gasteiger partial charge is 0.340 e. The van der Waals surface area contributed by atoms with Crippen LogP contribution in [0, 0.1) is 0 Å². The Labute approximate surface area is 127 Å². The van der Waals surface area contributed by atoms with Crippen molar-refractivity contribution in [2.45, 2.75) is 9.79 Å². The number of rotatable bonds is 2. The maximum absolute atomic E-state index is 12.7. The first-order valence-electron chi connectivity index (χ1n) is 6.13. The van der Waals surface area contributed by atoms with E-state index in [2.05, 4.69) is 5.32 Å². The first-order chi connectivity index (χ1) is 10.0. The van der Waals surface area contributed by atoms with Crippen LogP contribution in [0.25, 0.3) is 0 Å². The van der Waals surface area contributed by atoms with E-state index in [1.807, 2.05) is 12.3 Å². The summed E-state index contributed by atoms with van der Waals surface area (Å²) in [5, 5.41) is 2.60. The fraction of sp³-hybridized carbons (Fsp3) is 0.0714. The van der Waals surface area contributed by atoms with Crippen LogP contribution in [0.5, 0.6) is 0 Å². The van der Waals surface area contributed by atoms with E-state index >= 15 is 0 Å². The van der Waals surface area contributed by atoms with Gasteiger partial charge < -0.3 is 5.32 Å². The number of anilines is 2. The molecule has 0 radical (unpaired) electrons. The summed E-state index contributed by atoms with van der Waals surface area (Å²) in [7, 11) is -3.90. The van der Waals surface area contributed by atoms with E-state index in [1.54, 1.807) is 36.4 Å². The van der Waals surface area contributed by atoms with Gasteiger partial charge >= 0.3 is 6.03 Å². The minimum Gasteiger partial charge on any atom is -0.305 e. The molecule has 0 bridgehead atoms. The number of carbonyl (C=O) groups is 1. The first-order valence-corrected chi connectivity index (χ1v) is 8.80. The summed E-state index contributed by atoms with van der Waals surface area (Å²) in [6.07, 6.45) is 1.89. The number of carbonyl (C=O) groups excluding carboxylic acids is 1. The maximum Gasteiger partial charge on any atom is 0.340 e. The predicted molar refractivity (Wildman–Crippen MR) is 83.3 cm³/mol. The molecule has 0 fully saturated rings. The summed E-state index contributed by atoms with van der Waals surface area (Å²) >= 11 is 1.48. The molecule has 2 amide bonds. The normalized spacial score (nSPS) is 16.2. The van der Waals surface area contributed by atoms with Crippen molar-refractivity contribution < 1.29 is 13.2 Å². The van der Waals surface area contributed by atoms with Crippen molar-refractivity contribution in [3.63, 3.8) is 0 Å². The van der Waals surface area contributed by atoms with Gasteiger partial charge in [0.2, 0.25) is 0 Å². The smallest absolute Gasteiger partial charge is 0.305 e. The number of benzene rings is 2. The van der Waals surface area contributed by atoms with Crippen LogP contribution in [0.3, 0.4) is 0 Å². The number of para-hydroxylation sites is 1. The van der Waals surface area contributed by atoms with Crippen molar-refractivity contribution in [1.29, 1.82) is 0 Å². The van der Waals surface area contributed by atoms with Gasteiger partial charge in [-0.3, -0.25) is 0 Å². The summed E-state index contributed by atoms with van der Waals surface area (Å²) in [6, 6.07) is 12.5. The molecule has 21 heavy (non-hydrogen) atoms. The number of urea groups is 1. The summed E-state index contributed by atoms with van der Waals surface area (Å²) in [6.45, 7) is 0. The lowest BCUT2D eigenvalue weighted by Crippen LogP contribution is -2.44. The molecule has 0 aromatic heterocycles. The van der Waals surface area contributed by atoms with Crippen LogP contribution in [-0.2, 0) is 10.0 Å². The molecule has 0 unspecified atom stereocenters. The van der Waals surface area contributed by atoms with Crippen molar-refractivity contribution in [3.8, 4) is 0 Å². The third-order valence-corrected chi connectivity index (χ3v) is 5.61. The zero-order valence-corrected chi connectivity index (χ0v) is 12.7. The molecule has 1 heterocycles. The van der Waals surface area contributed by atoms with Gasteiger partial charge in [0.1, 0.15) is 4.90 Å². The second-order valence-electron chi connectivity index (χ2n) is 4.40. The number of thioether (sulfide) groups is 1. The summed E-state index contributed by atoms with van der Waals surface area (Å²) in [4.78, 5) is 13.2. The second-order valence-corrected chi connectivity index (χ2v) is 7.03. The molecule has 1 aliphatic rings. The molecular weight excluding hydrogens is 308 g/mol. The Morgan fingerprint density at radius 3 is 2.62 bits per heavy atom. The number of nitrogens with one attached hydrogen (secondary N) is 1. The Morgan fingerprint density at radius 2 is 1.86 bits per heavy atom. The molecule has 0 aliphatic carbocycles. The minimum atomic E-state index is -3.90. The van der Waals surface area contributed by atoms with E-state index in [-0.39, 0.29) is 4.90 Å². The molecule has 1 aliphatic heterocycles. The lowest BCUT2D eigenvalue weighted by Gasteiger charge is -2.28. The molecule has 2 aromatic rings. The number of amides is 2. The Hall–Kier alpha value is -1.99. The zero-order chi connectivity index (χ0) is 15.0. The van der Waals surface area contributed by atoms with Gasteiger partial charge in [0, 0.05) is 4.90 Å². The van der Waals surface area contributed by atoms with Gasteiger partial charge in [0.25, 0.3) is 10.0 Å². The number of sulfonamides is 1. The summed E-state index contributed by atoms with van der Waals surface area (Å²) in [5.74, 6) is 0. The van der Waals surface area contributed by atoms with E-state index in [0.717, 1.165) is 9.20 Å². The van der Waals surface area contributed by atoms with E-state index in [9.17, 15) is 13.2 Å². The molecule has 7 heteroatoms. The predicted octanol–water partition coefficient (Wildman–Crippen LogP) is 3.15. The van der Waals surface area contributed by atoms with Crippen LogP contribution in [0.2, 0.25) is 0 Å². The van der Waals surface area contributed by atoms with Gasteiger partial charge in [0.15, 0.2) is 0 Å². The van der Waals surface area contributed by atoms with Crippen molar-refractivity contribution in [3.05, 3.63) is 48.5 Å². The molecule has 2 aromatic carbocycles. The van der Waals surface area contributed by atoms with E-state index in [0.29, 0.717) is 11.4 Å². The molecule has 3 rings (SSSR count). The molecule has 5 nitrogen and oxygen atoms in total. The third-order valence-electron chi connectivity index (χ3n) is 3.12. The van der Waals surface area contributed by atoms with Crippen LogP contribution in [-0.4, -0.2) is 20.7 Å². The molecule has 0 saturated heterocycles. The van der Waals surface area contributed by atoms with Gasteiger partial charge in [-0.2, -0.15) is 4.31 Å². The van der Waals surface area contributed by atoms with Gasteiger partial charge in [-0.25, -0.2) is 13.2 Å². The maximum atomic E-state index is 12.7. The average molecular weight is 320 g/mol. The number of hydrogen-bond donors (Lipinski definition) is 1. The first kappa shape index (κ1) is 14.0. The standard InChI is InChI=1S/C14H12N2O3S2/c1-20-11-6-4-5-10(9-11)16-14(17)15-12-7-2-3-8-13(12)21(16,18)19/h2-9H,1H3,(H,15,17). The van der Waals surface area contributed by atoms with E-state index in [4.69, 9.17) is 0 Å². The van der Waals surface area contributed by atoms with Crippen LogP contribution in [0.1, 0.15) is 0 Å². The second kappa shape index (κ2) is 5.09. The van der Waals surface area contributed by atoms with E-state index < -0.39 is 16.1 Å². The summed E-state index contributed by atoms with van der Waals surface area (Å²) < 4.78 is 26.1. The highest BCUT2D eigenvalue weighted by molar-refractivity contribution is 7.98. The number of fused-ring (bicyclic) bond motifs is 1.